The Labute approximate surface area is 162 Å². The molecule has 27 heavy (non-hydrogen) atoms. The maximum absolute atomic E-state index is 14.1. The molecule has 0 aliphatic carbocycles. The lowest BCUT2D eigenvalue weighted by molar-refractivity contribution is 0.149. The van der Waals surface area contributed by atoms with Gasteiger partial charge in [-0.1, -0.05) is 18.6 Å². The van der Waals surface area contributed by atoms with Crippen LogP contribution >= 0.6 is 0 Å². The van der Waals surface area contributed by atoms with Crippen molar-refractivity contribution >= 4 is 5.69 Å². The molecule has 3 heterocycles. The van der Waals surface area contributed by atoms with Gasteiger partial charge in [-0.2, -0.15) is 0 Å². The average molecular weight is 376 g/mol. The minimum atomic E-state index is -0.112. The summed E-state index contributed by atoms with van der Waals surface area (Å²) < 4.78 is 14.1. The smallest absolute Gasteiger partial charge is 0.146 e. The summed E-state index contributed by atoms with van der Waals surface area (Å²) in [6, 6.07) is 7.70. The summed E-state index contributed by atoms with van der Waals surface area (Å²) in [7, 11) is 0. The number of hydrogen-bond donors (Lipinski definition) is 1. The third kappa shape index (κ3) is 4.47. The van der Waals surface area contributed by atoms with E-state index in [-0.39, 0.29) is 5.82 Å². The molecule has 3 aliphatic rings. The maximum atomic E-state index is 14.1. The first-order chi connectivity index (χ1) is 13.2. The van der Waals surface area contributed by atoms with Crippen molar-refractivity contribution in [3.05, 3.63) is 30.1 Å². The van der Waals surface area contributed by atoms with E-state index in [1.165, 1.54) is 32.4 Å². The van der Waals surface area contributed by atoms with Crippen LogP contribution in [0.3, 0.4) is 0 Å². The summed E-state index contributed by atoms with van der Waals surface area (Å²) in [6.07, 6.45) is 6.20. The number of hydrogen-bond acceptors (Lipinski definition) is 4. The molecule has 2 atom stereocenters. The molecule has 0 amide bonds. The lowest BCUT2D eigenvalue weighted by Gasteiger charge is -2.38. The number of benzene rings is 1. The van der Waals surface area contributed by atoms with Crippen LogP contribution in [0.4, 0.5) is 10.1 Å². The molecule has 4 rings (SSSR count). The van der Waals surface area contributed by atoms with Crippen LogP contribution in [0.1, 0.15) is 32.1 Å². The number of para-hydroxylation sites is 1. The predicted octanol–water partition coefficient (Wildman–Crippen LogP) is 2.82. The molecule has 4 nitrogen and oxygen atoms in total. The molecule has 0 unspecified atom stereocenters. The minimum absolute atomic E-state index is 0.112. The van der Waals surface area contributed by atoms with Crippen molar-refractivity contribution in [3.8, 4) is 0 Å². The van der Waals surface area contributed by atoms with Crippen molar-refractivity contribution in [2.75, 3.05) is 57.3 Å². The fourth-order valence-corrected chi connectivity index (χ4v) is 5.34. The summed E-state index contributed by atoms with van der Waals surface area (Å²) >= 11 is 0. The van der Waals surface area contributed by atoms with Crippen molar-refractivity contribution in [2.24, 2.45) is 11.8 Å². The van der Waals surface area contributed by atoms with Crippen LogP contribution < -0.4 is 4.90 Å². The minimum Gasteiger partial charge on any atom is -0.396 e. The van der Waals surface area contributed by atoms with Gasteiger partial charge in [0, 0.05) is 45.4 Å². The van der Waals surface area contributed by atoms with Crippen LogP contribution in [0.15, 0.2) is 24.3 Å². The van der Waals surface area contributed by atoms with E-state index in [2.05, 4.69) is 14.7 Å². The summed E-state index contributed by atoms with van der Waals surface area (Å²) in [5, 5.41) is 9.91. The van der Waals surface area contributed by atoms with Gasteiger partial charge in [0.1, 0.15) is 5.82 Å². The lowest BCUT2D eigenvalue weighted by atomic mass is 9.95. The molecule has 1 aromatic carbocycles. The third-order valence-corrected chi connectivity index (χ3v) is 6.95. The van der Waals surface area contributed by atoms with Gasteiger partial charge < -0.3 is 14.9 Å². The Hall–Kier alpha value is -1.17. The largest absolute Gasteiger partial charge is 0.396 e. The van der Waals surface area contributed by atoms with Crippen molar-refractivity contribution in [1.29, 1.82) is 0 Å². The van der Waals surface area contributed by atoms with Crippen LogP contribution in [-0.2, 0) is 0 Å². The molecular formula is C22H34FN3O. The molecule has 150 valence electrons. The van der Waals surface area contributed by atoms with E-state index < -0.39 is 0 Å². The Morgan fingerprint density at radius 3 is 2.33 bits per heavy atom. The second-order valence-corrected chi connectivity index (χ2v) is 8.69. The van der Waals surface area contributed by atoms with Gasteiger partial charge in [0.15, 0.2) is 0 Å². The highest BCUT2D eigenvalue weighted by Crippen LogP contribution is 2.31. The second-order valence-electron chi connectivity index (χ2n) is 8.69. The Morgan fingerprint density at radius 1 is 0.926 bits per heavy atom. The molecule has 1 N–H and O–H groups in total. The molecular weight excluding hydrogens is 341 g/mol. The highest BCUT2D eigenvalue weighted by Gasteiger charge is 2.37. The van der Waals surface area contributed by atoms with Crippen molar-refractivity contribution < 1.29 is 9.50 Å². The van der Waals surface area contributed by atoms with Crippen molar-refractivity contribution in [3.63, 3.8) is 0 Å². The van der Waals surface area contributed by atoms with Crippen molar-refractivity contribution in [1.82, 2.24) is 9.80 Å². The standard InChI is InChI=1S/C22H34FN3O/c23-21-6-2-3-7-22(21)25-12-8-20(9-13-25)26-15-18(19(16-26)17-27)14-24-10-4-1-5-11-24/h2-3,6-7,18-20,27H,1,4-5,8-17H2/t18-,19-/m0/s1. The first-order valence-electron chi connectivity index (χ1n) is 10.8. The molecule has 5 heteroatoms. The van der Waals surface area contributed by atoms with Gasteiger partial charge in [-0.25, -0.2) is 4.39 Å². The second kappa shape index (κ2) is 8.89. The summed E-state index contributed by atoms with van der Waals surface area (Å²) in [6.45, 7) is 7.90. The van der Waals surface area contributed by atoms with Gasteiger partial charge in [-0.3, -0.25) is 4.90 Å². The fourth-order valence-electron chi connectivity index (χ4n) is 5.34. The van der Waals surface area contributed by atoms with Crippen LogP contribution in [0.2, 0.25) is 0 Å². The average Bonchev–Trinajstić information content (AvgIpc) is 3.12. The van der Waals surface area contributed by atoms with E-state index in [1.807, 2.05) is 12.1 Å². The van der Waals surface area contributed by atoms with Gasteiger partial charge in [0.25, 0.3) is 0 Å². The monoisotopic (exact) mass is 375 g/mol. The van der Waals surface area contributed by atoms with Gasteiger partial charge in [0.2, 0.25) is 0 Å². The van der Waals surface area contributed by atoms with Crippen LogP contribution in [-0.4, -0.2) is 73.4 Å². The summed E-state index contributed by atoms with van der Waals surface area (Å²) in [5.41, 5.74) is 0.744. The van der Waals surface area contributed by atoms with Crippen molar-refractivity contribution in [2.45, 2.75) is 38.1 Å². The lowest BCUT2D eigenvalue weighted by Crippen LogP contribution is -2.44. The third-order valence-electron chi connectivity index (χ3n) is 6.95. The molecule has 1 aromatic rings. The molecule has 0 spiro atoms. The van der Waals surface area contributed by atoms with E-state index in [9.17, 15) is 9.50 Å². The number of piperidine rings is 2. The van der Waals surface area contributed by atoms with Crippen LogP contribution in [0, 0.1) is 17.7 Å². The molecule has 3 fully saturated rings. The quantitative estimate of drug-likeness (QED) is 0.857. The predicted molar refractivity (Wildman–Crippen MR) is 108 cm³/mol. The maximum Gasteiger partial charge on any atom is 0.146 e. The number of likely N-dealkylation sites (tertiary alicyclic amines) is 2. The molecule has 0 bridgehead atoms. The van der Waals surface area contributed by atoms with E-state index in [0.717, 1.165) is 51.3 Å². The van der Waals surface area contributed by atoms with Gasteiger partial charge in [0.05, 0.1) is 5.69 Å². The Bertz CT molecular complexity index is 599. The fraction of sp³-hybridized carbons (Fsp3) is 0.727. The van der Waals surface area contributed by atoms with E-state index in [1.54, 1.807) is 12.1 Å². The Morgan fingerprint density at radius 2 is 1.63 bits per heavy atom. The molecule has 0 saturated carbocycles. The van der Waals surface area contributed by atoms with Crippen LogP contribution in [0.5, 0.6) is 0 Å². The number of rotatable bonds is 5. The zero-order valence-corrected chi connectivity index (χ0v) is 16.4. The zero-order valence-electron chi connectivity index (χ0n) is 16.4. The topological polar surface area (TPSA) is 30.0 Å². The zero-order chi connectivity index (χ0) is 18.6. The molecule has 0 aromatic heterocycles. The van der Waals surface area contributed by atoms with Crippen LogP contribution in [0.25, 0.3) is 0 Å². The summed E-state index contributed by atoms with van der Waals surface area (Å²) in [5.74, 6) is 0.897. The number of anilines is 1. The highest BCUT2D eigenvalue weighted by molar-refractivity contribution is 5.47. The normalized spacial score (nSPS) is 28.7. The van der Waals surface area contributed by atoms with E-state index in [0.29, 0.717) is 24.5 Å². The SMILES string of the molecule is OC[C@@H]1CN(C2CCN(c3ccccc3F)CC2)C[C@@H]1CN1CCCCC1. The van der Waals surface area contributed by atoms with Gasteiger partial charge >= 0.3 is 0 Å². The van der Waals surface area contributed by atoms with Gasteiger partial charge in [-0.15, -0.1) is 0 Å². The molecule has 3 saturated heterocycles. The summed E-state index contributed by atoms with van der Waals surface area (Å²) in [4.78, 5) is 7.42. The molecule has 3 aliphatic heterocycles. The van der Waals surface area contributed by atoms with Gasteiger partial charge in [-0.05, 0) is 62.7 Å². The Kier molecular flexibility index (Phi) is 6.31. The highest BCUT2D eigenvalue weighted by atomic mass is 19.1. The van der Waals surface area contributed by atoms with E-state index in [4.69, 9.17) is 0 Å². The first-order valence-corrected chi connectivity index (χ1v) is 10.8. The van der Waals surface area contributed by atoms with E-state index >= 15 is 0 Å². The number of aliphatic hydroxyl groups excluding tert-OH is 1. The first kappa shape index (κ1) is 19.2. The number of halogens is 1. The number of nitrogens with zero attached hydrogens (tertiary/aromatic N) is 3. The Balaban J connectivity index is 1.31. The number of aliphatic hydroxyl groups is 1. The molecule has 0 radical (unpaired) electrons.